The van der Waals surface area contributed by atoms with Gasteiger partial charge in [-0.05, 0) is 29.8 Å². The second-order valence-electron chi connectivity index (χ2n) is 7.58. The molecule has 2 aromatic carbocycles. The summed E-state index contributed by atoms with van der Waals surface area (Å²) in [6.45, 7) is 1.00. The van der Waals surface area contributed by atoms with Gasteiger partial charge in [-0.25, -0.2) is 8.42 Å². The van der Waals surface area contributed by atoms with Crippen molar-refractivity contribution in [3.63, 3.8) is 0 Å². The Hall–Kier alpha value is -2.94. The number of hydrogen-bond donors (Lipinski definition) is 1. The number of ether oxygens (including phenoxy) is 2. The molecule has 1 aromatic heterocycles. The quantitative estimate of drug-likeness (QED) is 0.540. The number of allylic oxidation sites excluding steroid dienone is 3. The maximum Gasteiger partial charge on any atom is 0.241 e. The van der Waals surface area contributed by atoms with E-state index < -0.39 is 16.1 Å². The van der Waals surface area contributed by atoms with Crippen LogP contribution in [0.25, 0.3) is 11.0 Å². The van der Waals surface area contributed by atoms with Crippen LogP contribution in [0.4, 0.5) is 0 Å². The number of sulfonamides is 1. The van der Waals surface area contributed by atoms with Crippen molar-refractivity contribution in [1.29, 1.82) is 0 Å². The highest BCUT2D eigenvalue weighted by Gasteiger charge is 2.30. The minimum atomic E-state index is -3.93. The minimum Gasteiger partial charge on any atom is -0.490 e. The van der Waals surface area contributed by atoms with Crippen LogP contribution in [0.1, 0.15) is 24.6 Å². The summed E-state index contributed by atoms with van der Waals surface area (Å²) >= 11 is 5.55. The first-order chi connectivity index (χ1) is 15.5. The molecule has 0 fully saturated rings. The van der Waals surface area contributed by atoms with Crippen molar-refractivity contribution in [2.75, 3.05) is 13.2 Å². The third kappa shape index (κ3) is 4.09. The number of hydrogen-bond acceptors (Lipinski definition) is 6. The van der Waals surface area contributed by atoms with Crippen molar-refractivity contribution < 1.29 is 22.3 Å². The zero-order valence-corrected chi connectivity index (χ0v) is 18.7. The molecule has 0 amide bonds. The van der Waals surface area contributed by atoms with Crippen molar-refractivity contribution in [1.82, 2.24) is 4.72 Å². The molecule has 2 heterocycles. The lowest BCUT2D eigenvalue weighted by Gasteiger charge is -2.22. The summed E-state index contributed by atoms with van der Waals surface area (Å²) in [5.41, 5.74) is 1.37. The van der Waals surface area contributed by atoms with Crippen LogP contribution in [0.3, 0.4) is 0 Å². The summed E-state index contributed by atoms with van der Waals surface area (Å²) in [6, 6.07) is 13.3. The van der Waals surface area contributed by atoms with E-state index in [9.17, 15) is 8.42 Å². The Balaban J connectivity index is 1.55. The van der Waals surface area contributed by atoms with Gasteiger partial charge in [-0.2, -0.15) is 4.72 Å². The Kier molecular flexibility index (Phi) is 5.58. The maximum absolute atomic E-state index is 13.4. The van der Waals surface area contributed by atoms with Crippen LogP contribution in [0, 0.1) is 0 Å². The van der Waals surface area contributed by atoms with Crippen LogP contribution in [0.2, 0.25) is 0 Å². The number of furan rings is 1. The molecule has 0 bridgehead atoms. The largest absolute Gasteiger partial charge is 0.490 e. The topological polar surface area (TPSA) is 77.8 Å². The molecule has 0 saturated carbocycles. The van der Waals surface area contributed by atoms with Gasteiger partial charge in [0.2, 0.25) is 10.0 Å². The van der Waals surface area contributed by atoms with Crippen LogP contribution in [-0.2, 0) is 10.0 Å². The summed E-state index contributed by atoms with van der Waals surface area (Å²) in [7, 11) is -3.93. The third-order valence-corrected chi connectivity index (χ3v) is 7.20. The van der Waals surface area contributed by atoms with Crippen LogP contribution in [0.15, 0.2) is 81.6 Å². The van der Waals surface area contributed by atoms with Crippen molar-refractivity contribution >= 4 is 38.1 Å². The van der Waals surface area contributed by atoms with Gasteiger partial charge < -0.3 is 13.9 Å². The van der Waals surface area contributed by atoms with Crippen molar-refractivity contribution in [2.24, 2.45) is 0 Å². The van der Waals surface area contributed by atoms with Gasteiger partial charge >= 0.3 is 0 Å². The first kappa shape index (κ1) is 20.9. The highest BCUT2D eigenvalue weighted by Crippen LogP contribution is 2.35. The lowest BCUT2D eigenvalue weighted by Crippen LogP contribution is -2.32. The maximum atomic E-state index is 13.4. The molecule has 1 aliphatic carbocycles. The Bertz CT molecular complexity index is 1320. The molecule has 1 aliphatic heterocycles. The summed E-state index contributed by atoms with van der Waals surface area (Å²) in [4.78, 5) is 0.750. The number of rotatable bonds is 5. The Morgan fingerprint density at radius 1 is 1.00 bits per heavy atom. The second-order valence-corrected chi connectivity index (χ2v) is 9.78. The summed E-state index contributed by atoms with van der Waals surface area (Å²) < 4.78 is 46.9. The van der Waals surface area contributed by atoms with Crippen molar-refractivity contribution in [3.05, 3.63) is 78.1 Å². The zero-order chi connectivity index (χ0) is 22.1. The average molecular weight is 468 g/mol. The number of benzene rings is 2. The van der Waals surface area contributed by atoms with Gasteiger partial charge in [0.25, 0.3) is 0 Å². The molecule has 8 heteroatoms. The van der Waals surface area contributed by atoms with Crippen LogP contribution >= 0.6 is 12.2 Å². The van der Waals surface area contributed by atoms with Gasteiger partial charge in [0.15, 0.2) is 11.5 Å². The number of nitrogens with one attached hydrogen (secondary N) is 1. The number of fused-ring (bicyclic) bond motifs is 2. The third-order valence-electron chi connectivity index (χ3n) is 5.38. The molecule has 3 aromatic rings. The lowest BCUT2D eigenvalue weighted by atomic mass is 9.96. The molecule has 32 heavy (non-hydrogen) atoms. The highest BCUT2D eigenvalue weighted by molar-refractivity contribution is 7.89. The predicted octanol–water partition coefficient (Wildman–Crippen LogP) is 4.87. The fourth-order valence-corrected chi connectivity index (χ4v) is 5.25. The monoisotopic (exact) mass is 467 g/mol. The zero-order valence-electron chi connectivity index (χ0n) is 17.1. The molecule has 2 aliphatic rings. The lowest BCUT2D eigenvalue weighted by molar-refractivity contribution is 0.297. The van der Waals surface area contributed by atoms with Crippen molar-refractivity contribution in [3.8, 4) is 11.5 Å². The predicted molar refractivity (Wildman–Crippen MR) is 126 cm³/mol. The first-order valence-electron chi connectivity index (χ1n) is 10.3. The Labute approximate surface area is 191 Å². The van der Waals surface area contributed by atoms with Crippen LogP contribution in [0.5, 0.6) is 11.5 Å². The molecule has 0 spiro atoms. The number of thiocarbonyl (C=S) groups is 1. The van der Waals surface area contributed by atoms with Crippen LogP contribution in [-0.4, -0.2) is 26.5 Å². The van der Waals surface area contributed by atoms with E-state index in [4.69, 9.17) is 26.1 Å². The van der Waals surface area contributed by atoms with Gasteiger partial charge in [0, 0.05) is 29.2 Å². The van der Waals surface area contributed by atoms with Crippen LogP contribution < -0.4 is 14.2 Å². The van der Waals surface area contributed by atoms with E-state index in [1.807, 2.05) is 48.6 Å². The highest BCUT2D eigenvalue weighted by atomic mass is 32.2. The van der Waals surface area contributed by atoms with Gasteiger partial charge in [-0.3, -0.25) is 0 Å². The SMILES string of the molecule is O=S(=O)(NC(C1=CC=CCC1=S)c1cc2ccccc2o1)c1ccc2c(c1)OCCCO2. The summed E-state index contributed by atoms with van der Waals surface area (Å²) in [6.07, 6.45) is 6.97. The normalized spacial score (nSPS) is 17.1. The Morgan fingerprint density at radius 2 is 1.81 bits per heavy atom. The Morgan fingerprint density at radius 3 is 2.62 bits per heavy atom. The molecule has 5 rings (SSSR count). The first-order valence-corrected chi connectivity index (χ1v) is 12.2. The van der Waals surface area contributed by atoms with E-state index >= 15 is 0 Å². The van der Waals surface area contributed by atoms with Gasteiger partial charge in [-0.1, -0.05) is 48.6 Å². The van der Waals surface area contributed by atoms with E-state index in [0.717, 1.165) is 11.8 Å². The van der Waals surface area contributed by atoms with Gasteiger partial charge in [-0.15, -0.1) is 0 Å². The fourth-order valence-electron chi connectivity index (χ4n) is 3.77. The van der Waals surface area contributed by atoms with E-state index in [1.54, 1.807) is 6.07 Å². The standard InChI is InChI=1S/C24H21NO5S2/c26-32(27,17-10-11-20-21(15-17)29-13-5-12-28-20)25-24(18-7-2-4-9-23(18)31)22-14-16-6-1-3-8-19(16)30-22/h1-4,6-8,10-11,14-15,24-25H,5,9,12-13H2. The fraction of sp³-hybridized carbons (Fsp3) is 0.208. The number of para-hydroxylation sites is 1. The van der Waals surface area contributed by atoms with Gasteiger partial charge in [0.1, 0.15) is 17.4 Å². The summed E-state index contributed by atoms with van der Waals surface area (Å²) in [5, 5.41) is 0.889. The average Bonchev–Trinajstić information content (AvgIpc) is 3.08. The van der Waals surface area contributed by atoms with E-state index in [2.05, 4.69) is 4.72 Å². The van der Waals surface area contributed by atoms with E-state index in [1.165, 1.54) is 12.1 Å². The smallest absolute Gasteiger partial charge is 0.241 e. The molecule has 0 saturated heterocycles. The van der Waals surface area contributed by atoms with E-state index in [0.29, 0.717) is 52.9 Å². The molecule has 6 nitrogen and oxygen atoms in total. The van der Waals surface area contributed by atoms with E-state index in [-0.39, 0.29) is 4.90 Å². The van der Waals surface area contributed by atoms with Crippen molar-refractivity contribution in [2.45, 2.75) is 23.8 Å². The molecule has 1 atom stereocenters. The molecule has 1 unspecified atom stereocenters. The summed E-state index contributed by atoms with van der Waals surface area (Å²) in [5.74, 6) is 1.44. The molecule has 0 radical (unpaired) electrons. The molecular formula is C24H21NO5S2. The second kappa shape index (κ2) is 8.54. The minimum absolute atomic E-state index is 0.0840. The molecular weight excluding hydrogens is 446 g/mol. The molecule has 164 valence electrons. The molecule has 1 N–H and O–H groups in total. The van der Waals surface area contributed by atoms with Gasteiger partial charge in [0.05, 0.1) is 18.1 Å².